The SMILES string of the molecule is CN[C@@H](C)C(=O)N[C@H](C(=O)N1CCC[C@H]1c1nc(C(=O)c2ccc(F)cc2)cs1)C1CCN(C2CCC[C@@H](Oc3ccc(C(=O)Nc4ncc(Sc5cc(C(=O)N6CCN(C(C)=O)CC6)c(OC)cc5C)s4)cc3)CC2)CC1. The number of aryl methyl sites for hydroxylation is 1. The second-order valence-corrected chi connectivity index (χ2v) is 23.8. The molecule has 4 aliphatic rings. The summed E-state index contributed by atoms with van der Waals surface area (Å²) >= 11 is 4.15. The van der Waals surface area contributed by atoms with Crippen molar-refractivity contribution < 1.29 is 42.6 Å². The minimum Gasteiger partial charge on any atom is -0.496 e. The number of likely N-dealkylation sites (tertiary alicyclic amines) is 2. The number of nitrogens with one attached hydrogen (secondary N) is 3. The van der Waals surface area contributed by atoms with Gasteiger partial charge in [-0.2, -0.15) is 0 Å². The summed E-state index contributed by atoms with van der Waals surface area (Å²) in [6.45, 7) is 9.30. The van der Waals surface area contributed by atoms with Crippen molar-refractivity contribution in [3.8, 4) is 11.5 Å². The first kappa shape index (κ1) is 56.5. The van der Waals surface area contributed by atoms with Crippen molar-refractivity contribution in [3.05, 3.63) is 111 Å². The standard InChI is InChI=1S/C57H68FN9O8S3/c1-34-30-47(74-5)44(55(72)66-28-26-64(27-29-66)36(3)68)31-48(34)77-49-32-60-57(78-49)63-53(71)39-13-18-43(19-14-39)75-42-9-6-8-41(17-20-42)65-24-21-37(22-25-65)50(62-52(70)35(2)59-4)56(73)67-23-7-10-46(67)54-61-45(33-76-54)51(69)38-11-15-40(58)16-12-38/h11-16,18-19,30-33,35,37,41-42,46,50,59H,6-10,17,20-29H2,1-5H3,(H,62,70)(H,60,63,71)/t35-,41?,42+,46-,50-/m0/s1. The summed E-state index contributed by atoms with van der Waals surface area (Å²) in [5.74, 6) is -0.376. The van der Waals surface area contributed by atoms with Gasteiger partial charge in [-0.1, -0.05) is 23.1 Å². The number of thiazole rings is 2. The molecule has 2 aromatic heterocycles. The van der Waals surface area contributed by atoms with Gasteiger partial charge in [0.25, 0.3) is 11.8 Å². The van der Waals surface area contributed by atoms with Gasteiger partial charge in [-0.3, -0.25) is 34.1 Å². The number of piperazine rings is 1. The minimum atomic E-state index is -0.704. The van der Waals surface area contributed by atoms with Crippen molar-refractivity contribution in [2.45, 2.75) is 118 Å². The zero-order valence-electron chi connectivity index (χ0n) is 44.8. The molecule has 3 N–H and O–H groups in total. The van der Waals surface area contributed by atoms with Gasteiger partial charge in [0.2, 0.25) is 23.5 Å². The number of hydrogen-bond acceptors (Lipinski definition) is 15. The lowest BCUT2D eigenvalue weighted by Crippen LogP contribution is -2.57. The van der Waals surface area contributed by atoms with Gasteiger partial charge >= 0.3 is 0 Å². The van der Waals surface area contributed by atoms with Crippen molar-refractivity contribution in [2.24, 2.45) is 5.92 Å². The Morgan fingerprint density at radius 2 is 1.55 bits per heavy atom. The molecule has 17 nitrogen and oxygen atoms in total. The molecule has 5 aromatic rings. The number of methoxy groups -OCH3 is 1. The van der Waals surface area contributed by atoms with Crippen LogP contribution in [0.4, 0.5) is 9.52 Å². The first-order valence-electron chi connectivity index (χ1n) is 26.9. The number of carbonyl (C=O) groups is 6. The molecule has 21 heteroatoms. The predicted octanol–water partition coefficient (Wildman–Crippen LogP) is 8.24. The molecule has 0 radical (unpaired) electrons. The first-order valence-corrected chi connectivity index (χ1v) is 29.4. The number of halogens is 1. The topological polar surface area (TPSA) is 196 Å². The number of ketones is 1. The summed E-state index contributed by atoms with van der Waals surface area (Å²) in [5, 5.41) is 11.9. The number of benzene rings is 3. The minimum absolute atomic E-state index is 0.000969. The third-order valence-corrected chi connectivity index (χ3v) is 18.7. The zero-order valence-corrected chi connectivity index (χ0v) is 47.2. The second-order valence-electron chi connectivity index (χ2n) is 20.5. The third-order valence-electron chi connectivity index (χ3n) is 15.6. The van der Waals surface area contributed by atoms with Gasteiger partial charge in [0.1, 0.15) is 34.1 Å². The number of piperidine rings is 1. The van der Waals surface area contributed by atoms with E-state index in [1.165, 1.54) is 65.6 Å². The number of anilines is 1. The van der Waals surface area contributed by atoms with Crippen LogP contribution in [-0.2, 0) is 14.4 Å². The van der Waals surface area contributed by atoms with Crippen molar-refractivity contribution in [1.82, 2.24) is 40.2 Å². The molecule has 0 bridgehead atoms. The van der Waals surface area contributed by atoms with E-state index in [-0.39, 0.29) is 59.1 Å². The third kappa shape index (κ3) is 13.4. The summed E-state index contributed by atoms with van der Waals surface area (Å²) in [4.78, 5) is 98.1. The second kappa shape index (κ2) is 25.7. The van der Waals surface area contributed by atoms with Crippen LogP contribution in [0, 0.1) is 18.7 Å². The normalized spacial score (nSPS) is 20.1. The number of amides is 5. The smallest absolute Gasteiger partial charge is 0.257 e. The Morgan fingerprint density at radius 1 is 0.833 bits per heavy atom. The van der Waals surface area contributed by atoms with Gasteiger partial charge in [-0.15, -0.1) is 11.3 Å². The van der Waals surface area contributed by atoms with Crippen LogP contribution in [0.5, 0.6) is 11.5 Å². The number of ether oxygens (including phenoxy) is 2. The van der Waals surface area contributed by atoms with Crippen LogP contribution in [0.25, 0.3) is 0 Å². The fourth-order valence-corrected chi connectivity index (χ4v) is 13.8. The molecule has 1 saturated carbocycles. The number of nitrogens with zero attached hydrogens (tertiary/aromatic N) is 6. The van der Waals surface area contributed by atoms with E-state index in [9.17, 15) is 33.2 Å². The van der Waals surface area contributed by atoms with E-state index in [1.54, 1.807) is 54.6 Å². The molecule has 1 aliphatic carbocycles. The van der Waals surface area contributed by atoms with Gasteiger partial charge < -0.3 is 39.7 Å². The monoisotopic (exact) mass is 1120 g/mol. The first-order chi connectivity index (χ1) is 37.7. The quantitative estimate of drug-likeness (QED) is 0.0596. The Bertz CT molecular complexity index is 2960. The molecule has 5 atom stereocenters. The zero-order chi connectivity index (χ0) is 55.0. The molecule has 5 heterocycles. The molecule has 4 fully saturated rings. The van der Waals surface area contributed by atoms with E-state index >= 15 is 0 Å². The number of aromatic nitrogens is 2. The average Bonchev–Trinajstić information content (AvgIpc) is 4.27. The van der Waals surface area contributed by atoms with Crippen LogP contribution >= 0.6 is 34.4 Å². The van der Waals surface area contributed by atoms with Crippen LogP contribution in [-0.4, -0.2) is 149 Å². The molecule has 0 spiro atoms. The van der Waals surface area contributed by atoms with E-state index in [0.29, 0.717) is 83.5 Å². The molecule has 9 rings (SSSR count). The van der Waals surface area contributed by atoms with Gasteiger partial charge in [0.15, 0.2) is 5.13 Å². The highest BCUT2D eigenvalue weighted by molar-refractivity contribution is 8.01. The maximum absolute atomic E-state index is 14.7. The highest BCUT2D eigenvalue weighted by Crippen LogP contribution is 2.40. The molecular formula is C57H68FN9O8S3. The lowest BCUT2D eigenvalue weighted by atomic mass is 9.87. The van der Waals surface area contributed by atoms with Crippen molar-refractivity contribution in [3.63, 3.8) is 0 Å². The highest BCUT2D eigenvalue weighted by Gasteiger charge is 2.42. The Kier molecular flexibility index (Phi) is 18.6. The largest absolute Gasteiger partial charge is 0.496 e. The van der Waals surface area contributed by atoms with E-state index in [1.807, 2.05) is 36.1 Å². The van der Waals surface area contributed by atoms with Crippen molar-refractivity contribution in [2.75, 3.05) is 65.3 Å². The van der Waals surface area contributed by atoms with E-state index in [4.69, 9.17) is 9.47 Å². The number of hydrogen-bond donors (Lipinski definition) is 3. The maximum Gasteiger partial charge on any atom is 0.257 e. The molecule has 414 valence electrons. The van der Waals surface area contributed by atoms with Crippen LogP contribution in [0.15, 0.2) is 81.3 Å². The van der Waals surface area contributed by atoms with E-state index in [2.05, 4.69) is 30.8 Å². The fourth-order valence-electron chi connectivity index (χ4n) is 10.9. The molecule has 1 unspecified atom stereocenters. The van der Waals surface area contributed by atoms with E-state index in [0.717, 1.165) is 79.1 Å². The predicted molar refractivity (Wildman–Crippen MR) is 298 cm³/mol. The number of carbonyl (C=O) groups excluding carboxylic acids is 6. The van der Waals surface area contributed by atoms with Gasteiger partial charge in [-0.25, -0.2) is 14.4 Å². The molecule has 78 heavy (non-hydrogen) atoms. The highest BCUT2D eigenvalue weighted by atomic mass is 32.2. The summed E-state index contributed by atoms with van der Waals surface area (Å²) in [7, 11) is 3.27. The molecule has 3 aromatic carbocycles. The van der Waals surface area contributed by atoms with Crippen LogP contribution in [0.1, 0.15) is 125 Å². The van der Waals surface area contributed by atoms with Crippen molar-refractivity contribution >= 4 is 74.9 Å². The van der Waals surface area contributed by atoms with Crippen LogP contribution < -0.4 is 25.4 Å². The maximum atomic E-state index is 14.7. The number of likely N-dealkylation sites (N-methyl/N-ethyl adjacent to an activating group) is 1. The number of rotatable bonds is 17. The molecular weight excluding hydrogens is 1050 g/mol. The summed E-state index contributed by atoms with van der Waals surface area (Å²) in [6, 6.07) is 15.2. The molecule has 3 aliphatic heterocycles. The summed E-state index contributed by atoms with van der Waals surface area (Å²) in [6.07, 6.45) is 9.54. The summed E-state index contributed by atoms with van der Waals surface area (Å²) in [5.41, 5.74) is 2.47. The van der Waals surface area contributed by atoms with Crippen LogP contribution in [0.2, 0.25) is 0 Å². The summed E-state index contributed by atoms with van der Waals surface area (Å²) < 4.78 is 26.5. The van der Waals surface area contributed by atoms with Gasteiger partial charge in [0.05, 0.1) is 41.3 Å². The Balaban J connectivity index is 0.752. The average molecular weight is 1120 g/mol. The molecule has 5 amide bonds. The lowest BCUT2D eigenvalue weighted by Gasteiger charge is -2.41. The van der Waals surface area contributed by atoms with Crippen molar-refractivity contribution in [1.29, 1.82) is 0 Å². The Labute approximate surface area is 467 Å². The molecule has 3 saturated heterocycles. The Morgan fingerprint density at radius 3 is 2.26 bits per heavy atom. The fraction of sp³-hybridized carbons (Fsp3) is 0.474. The van der Waals surface area contributed by atoms with Gasteiger partial charge in [0, 0.05) is 67.1 Å². The Hall–Kier alpha value is -6.26. The van der Waals surface area contributed by atoms with E-state index < -0.39 is 17.9 Å². The lowest BCUT2D eigenvalue weighted by molar-refractivity contribution is -0.140. The van der Waals surface area contributed by atoms with Crippen LogP contribution in [0.3, 0.4) is 0 Å². The van der Waals surface area contributed by atoms with Gasteiger partial charge in [-0.05, 0) is 164 Å².